The van der Waals surface area contributed by atoms with Crippen LogP contribution in [-0.2, 0) is 14.3 Å². The van der Waals surface area contributed by atoms with Gasteiger partial charge in [0.05, 0.1) is 25.2 Å². The number of allylic oxidation sites excluding steroid dienone is 8. The van der Waals surface area contributed by atoms with Crippen LogP contribution in [0, 0.1) is 0 Å². The van der Waals surface area contributed by atoms with Gasteiger partial charge in [-0.05, 0) is 70.6 Å². The molecule has 0 aromatic carbocycles. The van der Waals surface area contributed by atoms with Crippen LogP contribution in [0.4, 0.5) is 0 Å². The Morgan fingerprint density at radius 1 is 0.536 bits per heavy atom. The molecule has 3 unspecified atom stereocenters. The standard InChI is InChI=1S/C50H91NO5/c1-4-7-10-13-16-19-21-23-24-26-27-30-32-35-38-41-46(56-50(55)43-40-37-34-31-28-25-22-20-17-14-11-8-5-2)44-49(54)51-47(45-52)48(53)42-39-36-33-29-18-15-12-9-6-3/h8,11,14,17,20,22-24,46-48,52-53H,4-7,9-10,12-13,15-16,18-19,21,25-45H2,1-3H3,(H,51,54)/b11-8+,17-14+,22-20-,24-23+. The van der Waals surface area contributed by atoms with E-state index in [4.69, 9.17) is 4.74 Å². The monoisotopic (exact) mass is 786 g/mol. The molecule has 6 heteroatoms. The average molecular weight is 786 g/mol. The summed E-state index contributed by atoms with van der Waals surface area (Å²) in [6.07, 6.45) is 51.7. The molecule has 56 heavy (non-hydrogen) atoms. The normalized spacial score (nSPS) is 13.7. The first kappa shape index (κ1) is 53.8. The van der Waals surface area contributed by atoms with Crippen LogP contribution in [-0.4, -0.2) is 46.9 Å². The van der Waals surface area contributed by atoms with Crippen molar-refractivity contribution in [3.8, 4) is 0 Å². The van der Waals surface area contributed by atoms with Crippen molar-refractivity contribution in [2.24, 2.45) is 0 Å². The smallest absolute Gasteiger partial charge is 0.306 e. The van der Waals surface area contributed by atoms with Crippen LogP contribution in [0.25, 0.3) is 0 Å². The zero-order chi connectivity index (χ0) is 41.0. The summed E-state index contributed by atoms with van der Waals surface area (Å²) >= 11 is 0. The third-order valence-corrected chi connectivity index (χ3v) is 10.7. The van der Waals surface area contributed by atoms with Crippen molar-refractivity contribution in [3.05, 3.63) is 48.6 Å². The predicted octanol–water partition coefficient (Wildman–Crippen LogP) is 13.9. The molecule has 0 rings (SSSR count). The number of rotatable bonds is 42. The van der Waals surface area contributed by atoms with Crippen LogP contribution < -0.4 is 5.32 Å². The summed E-state index contributed by atoms with van der Waals surface area (Å²) < 4.78 is 5.90. The van der Waals surface area contributed by atoms with E-state index in [1.807, 2.05) is 0 Å². The molecule has 0 aromatic heterocycles. The molecule has 0 saturated heterocycles. The van der Waals surface area contributed by atoms with E-state index in [2.05, 4.69) is 74.7 Å². The van der Waals surface area contributed by atoms with Crippen LogP contribution in [0.3, 0.4) is 0 Å². The van der Waals surface area contributed by atoms with E-state index in [-0.39, 0.29) is 24.9 Å². The number of esters is 1. The highest BCUT2D eigenvalue weighted by atomic mass is 16.5. The van der Waals surface area contributed by atoms with Gasteiger partial charge in [-0.2, -0.15) is 0 Å². The van der Waals surface area contributed by atoms with Crippen molar-refractivity contribution in [3.63, 3.8) is 0 Å². The lowest BCUT2D eigenvalue weighted by molar-refractivity contribution is -0.151. The largest absolute Gasteiger partial charge is 0.462 e. The third kappa shape index (κ3) is 38.7. The Hall–Kier alpha value is -2.18. The van der Waals surface area contributed by atoms with Gasteiger partial charge in [-0.25, -0.2) is 0 Å². The molecule has 0 radical (unpaired) electrons. The minimum absolute atomic E-state index is 0.0635. The molecule has 0 fully saturated rings. The molecule has 3 atom stereocenters. The highest BCUT2D eigenvalue weighted by Crippen LogP contribution is 2.17. The third-order valence-electron chi connectivity index (χ3n) is 10.7. The summed E-state index contributed by atoms with van der Waals surface area (Å²) in [5, 5.41) is 23.6. The molecule has 0 aliphatic heterocycles. The average Bonchev–Trinajstić information content (AvgIpc) is 3.19. The Bertz CT molecular complexity index is 972. The van der Waals surface area contributed by atoms with Gasteiger partial charge in [0.15, 0.2) is 0 Å². The minimum atomic E-state index is -0.791. The summed E-state index contributed by atoms with van der Waals surface area (Å²) in [6, 6.07) is -0.706. The second-order valence-electron chi connectivity index (χ2n) is 16.2. The van der Waals surface area contributed by atoms with Gasteiger partial charge in [-0.15, -0.1) is 0 Å². The van der Waals surface area contributed by atoms with Gasteiger partial charge in [0.25, 0.3) is 0 Å². The number of aliphatic hydroxyl groups excluding tert-OH is 2. The number of hydrogen-bond donors (Lipinski definition) is 3. The molecule has 0 heterocycles. The van der Waals surface area contributed by atoms with Gasteiger partial charge in [0, 0.05) is 6.42 Å². The van der Waals surface area contributed by atoms with E-state index in [0.717, 1.165) is 89.9 Å². The number of amides is 1. The fraction of sp³-hybridized carbons (Fsp3) is 0.800. The highest BCUT2D eigenvalue weighted by Gasteiger charge is 2.24. The number of carbonyl (C=O) groups is 2. The fourth-order valence-electron chi connectivity index (χ4n) is 7.07. The molecule has 3 N–H and O–H groups in total. The lowest BCUT2D eigenvalue weighted by Gasteiger charge is -2.24. The molecular weight excluding hydrogens is 695 g/mol. The predicted molar refractivity (Wildman–Crippen MR) is 241 cm³/mol. The van der Waals surface area contributed by atoms with Gasteiger partial charge < -0.3 is 20.3 Å². The molecule has 0 saturated carbocycles. The number of ether oxygens (including phenoxy) is 1. The van der Waals surface area contributed by atoms with Crippen molar-refractivity contribution < 1.29 is 24.5 Å². The highest BCUT2D eigenvalue weighted by molar-refractivity contribution is 5.77. The maximum Gasteiger partial charge on any atom is 0.306 e. The molecule has 1 amide bonds. The minimum Gasteiger partial charge on any atom is -0.462 e. The van der Waals surface area contributed by atoms with Crippen LogP contribution in [0.5, 0.6) is 0 Å². The molecule has 6 nitrogen and oxygen atoms in total. The van der Waals surface area contributed by atoms with E-state index in [1.54, 1.807) is 0 Å². The number of nitrogens with one attached hydrogen (secondary N) is 1. The van der Waals surface area contributed by atoms with Gasteiger partial charge >= 0.3 is 5.97 Å². The van der Waals surface area contributed by atoms with Crippen LogP contribution in [0.1, 0.15) is 233 Å². The van der Waals surface area contributed by atoms with Crippen LogP contribution in [0.2, 0.25) is 0 Å². The summed E-state index contributed by atoms with van der Waals surface area (Å²) in [5.74, 6) is -0.505. The molecule has 326 valence electrons. The second-order valence-corrected chi connectivity index (χ2v) is 16.2. The Balaban J connectivity index is 4.64. The van der Waals surface area contributed by atoms with E-state index in [1.165, 1.54) is 96.3 Å². The number of unbranched alkanes of at least 4 members (excludes halogenated alkanes) is 24. The van der Waals surface area contributed by atoms with Crippen molar-refractivity contribution in [2.75, 3.05) is 6.61 Å². The maximum atomic E-state index is 13.1. The first-order chi connectivity index (χ1) is 27.5. The van der Waals surface area contributed by atoms with E-state index >= 15 is 0 Å². The van der Waals surface area contributed by atoms with Crippen molar-refractivity contribution in [1.29, 1.82) is 0 Å². The van der Waals surface area contributed by atoms with Crippen molar-refractivity contribution in [2.45, 2.75) is 251 Å². The molecule has 0 bridgehead atoms. The van der Waals surface area contributed by atoms with Crippen molar-refractivity contribution >= 4 is 11.9 Å². The molecule has 0 aromatic rings. The Morgan fingerprint density at radius 3 is 1.50 bits per heavy atom. The topological polar surface area (TPSA) is 95.9 Å². The Kier molecular flexibility index (Phi) is 42.2. The second kappa shape index (κ2) is 43.9. The number of carbonyl (C=O) groups excluding carboxylic acids is 2. The maximum absolute atomic E-state index is 13.1. The molecule has 0 spiro atoms. The molecule has 0 aliphatic carbocycles. The van der Waals surface area contributed by atoms with E-state index in [9.17, 15) is 19.8 Å². The first-order valence-electron chi connectivity index (χ1n) is 23.9. The number of hydrogen-bond acceptors (Lipinski definition) is 5. The first-order valence-corrected chi connectivity index (χ1v) is 23.9. The van der Waals surface area contributed by atoms with Gasteiger partial charge in [0.1, 0.15) is 6.10 Å². The number of aliphatic hydroxyl groups is 2. The van der Waals surface area contributed by atoms with Crippen LogP contribution in [0.15, 0.2) is 48.6 Å². The summed E-state index contributed by atoms with van der Waals surface area (Å²) in [6.45, 7) is 6.31. The Morgan fingerprint density at radius 2 is 0.982 bits per heavy atom. The van der Waals surface area contributed by atoms with Gasteiger partial charge in [0.2, 0.25) is 5.91 Å². The molecule has 0 aliphatic rings. The van der Waals surface area contributed by atoms with Crippen molar-refractivity contribution in [1.82, 2.24) is 5.32 Å². The van der Waals surface area contributed by atoms with E-state index < -0.39 is 18.2 Å². The zero-order valence-corrected chi connectivity index (χ0v) is 37.0. The zero-order valence-electron chi connectivity index (χ0n) is 37.0. The van der Waals surface area contributed by atoms with Crippen LogP contribution >= 0.6 is 0 Å². The quantitative estimate of drug-likeness (QED) is 0.0248. The summed E-state index contributed by atoms with van der Waals surface area (Å²) in [4.78, 5) is 26.0. The lowest BCUT2D eigenvalue weighted by Crippen LogP contribution is -2.46. The Labute approximate surface area is 346 Å². The van der Waals surface area contributed by atoms with Gasteiger partial charge in [-0.3, -0.25) is 9.59 Å². The lowest BCUT2D eigenvalue weighted by atomic mass is 10.0. The van der Waals surface area contributed by atoms with Gasteiger partial charge in [-0.1, -0.05) is 198 Å². The summed E-state index contributed by atoms with van der Waals surface area (Å²) in [5.41, 5.74) is 0. The SMILES string of the molecule is CC/C=C/C=C/C=C\CCCCCCCC(=O)OC(CCCCCCC/C=C/CCCCCCCC)CC(=O)NC(CO)C(O)CCCCCCCCCCC. The summed E-state index contributed by atoms with van der Waals surface area (Å²) in [7, 11) is 0. The molecular formula is C50H91NO5. The fourth-order valence-corrected chi connectivity index (χ4v) is 7.07. The van der Waals surface area contributed by atoms with E-state index in [0.29, 0.717) is 19.3 Å².